The third kappa shape index (κ3) is 4.83. The van der Waals surface area contributed by atoms with Gasteiger partial charge in [-0.25, -0.2) is 0 Å². The van der Waals surface area contributed by atoms with Gasteiger partial charge in [0, 0.05) is 0 Å². The first-order valence-electron chi connectivity index (χ1n) is 2.92. The standard InChI is InChI=1S/C5H8BrF2N3/c1-2-3(4(6)9)10-11-5(7)8/h5,9,11H,2H2,1H3/b9-4?,10-3-. The average molecular weight is 228 g/mol. The lowest BCUT2D eigenvalue weighted by Crippen LogP contribution is -2.18. The van der Waals surface area contributed by atoms with Gasteiger partial charge < -0.3 is 0 Å². The smallest absolute Gasteiger partial charge is 0.292 e. The normalized spacial score (nSPS) is 11.9. The maximum atomic E-state index is 11.5. The molecule has 0 radical (unpaired) electrons. The third-order valence-electron chi connectivity index (χ3n) is 0.885. The zero-order valence-corrected chi connectivity index (χ0v) is 7.45. The summed E-state index contributed by atoms with van der Waals surface area (Å²) < 4.78 is 23.0. The number of nitrogens with zero attached hydrogens (tertiary/aromatic N) is 1. The van der Waals surface area contributed by atoms with Gasteiger partial charge in [-0.2, -0.15) is 13.9 Å². The van der Waals surface area contributed by atoms with E-state index < -0.39 is 6.55 Å². The molecule has 0 heterocycles. The highest BCUT2D eigenvalue weighted by atomic mass is 79.9. The zero-order chi connectivity index (χ0) is 8.85. The van der Waals surface area contributed by atoms with Crippen LogP contribution >= 0.6 is 15.9 Å². The Morgan fingerprint density at radius 2 is 2.27 bits per heavy atom. The fourth-order valence-electron chi connectivity index (χ4n) is 0.410. The van der Waals surface area contributed by atoms with Crippen molar-refractivity contribution in [3.8, 4) is 0 Å². The highest BCUT2D eigenvalue weighted by molar-refractivity contribution is 9.19. The van der Waals surface area contributed by atoms with E-state index in [9.17, 15) is 8.78 Å². The van der Waals surface area contributed by atoms with Crippen molar-refractivity contribution in [2.45, 2.75) is 19.9 Å². The molecule has 0 aliphatic carbocycles. The molecule has 0 aromatic carbocycles. The fourth-order valence-corrected chi connectivity index (χ4v) is 0.779. The average Bonchev–Trinajstić information content (AvgIpc) is 1.87. The van der Waals surface area contributed by atoms with Crippen LogP contribution in [0, 0.1) is 5.41 Å². The summed E-state index contributed by atoms with van der Waals surface area (Å²) in [5.74, 6) is 0. The van der Waals surface area contributed by atoms with Gasteiger partial charge >= 0.3 is 6.55 Å². The molecule has 0 bridgehead atoms. The Morgan fingerprint density at radius 1 is 1.73 bits per heavy atom. The van der Waals surface area contributed by atoms with Crippen molar-refractivity contribution in [1.29, 1.82) is 5.41 Å². The second kappa shape index (κ2) is 5.17. The number of hydrogen-bond donors (Lipinski definition) is 2. The van der Waals surface area contributed by atoms with Gasteiger partial charge in [0.15, 0.2) is 0 Å². The van der Waals surface area contributed by atoms with E-state index in [0.717, 1.165) is 0 Å². The first-order valence-corrected chi connectivity index (χ1v) is 3.71. The third-order valence-corrected chi connectivity index (χ3v) is 1.34. The minimum absolute atomic E-state index is 0.0214. The summed E-state index contributed by atoms with van der Waals surface area (Å²) in [6.45, 7) is -0.953. The molecule has 11 heavy (non-hydrogen) atoms. The first kappa shape index (κ1) is 10.5. The minimum atomic E-state index is -2.68. The van der Waals surface area contributed by atoms with Crippen LogP contribution < -0.4 is 5.43 Å². The molecule has 64 valence electrons. The van der Waals surface area contributed by atoms with Crippen LogP contribution in [0.4, 0.5) is 8.78 Å². The fraction of sp³-hybridized carbons (Fsp3) is 0.600. The van der Waals surface area contributed by atoms with Gasteiger partial charge in [0.05, 0.1) is 5.71 Å². The van der Waals surface area contributed by atoms with Crippen LogP contribution in [0.2, 0.25) is 0 Å². The monoisotopic (exact) mass is 227 g/mol. The topological polar surface area (TPSA) is 48.2 Å². The van der Waals surface area contributed by atoms with Gasteiger partial charge in [-0.15, -0.1) is 0 Å². The summed E-state index contributed by atoms with van der Waals surface area (Å²) in [6, 6.07) is 0. The van der Waals surface area contributed by atoms with Crippen LogP contribution in [-0.2, 0) is 0 Å². The Bertz CT molecular complexity index is 169. The van der Waals surface area contributed by atoms with Gasteiger partial charge in [-0.3, -0.25) is 10.8 Å². The van der Waals surface area contributed by atoms with Gasteiger partial charge in [0.25, 0.3) is 0 Å². The van der Waals surface area contributed by atoms with Crippen LogP contribution in [0.5, 0.6) is 0 Å². The quantitative estimate of drug-likeness (QED) is 0.431. The van der Waals surface area contributed by atoms with Gasteiger partial charge in [-0.1, -0.05) is 6.92 Å². The van der Waals surface area contributed by atoms with Crippen molar-refractivity contribution in [2.75, 3.05) is 0 Å². The molecule has 0 rings (SSSR count). The maximum absolute atomic E-state index is 11.5. The zero-order valence-electron chi connectivity index (χ0n) is 5.87. The van der Waals surface area contributed by atoms with E-state index in [0.29, 0.717) is 6.42 Å². The number of halogens is 3. The molecule has 3 nitrogen and oxygen atoms in total. The summed E-state index contributed by atoms with van der Waals surface area (Å²) in [4.78, 5) is 0. The molecule has 0 aromatic heterocycles. The van der Waals surface area contributed by atoms with E-state index >= 15 is 0 Å². The van der Waals surface area contributed by atoms with E-state index in [1.807, 2.05) is 0 Å². The maximum Gasteiger partial charge on any atom is 0.327 e. The van der Waals surface area contributed by atoms with Gasteiger partial charge in [0.2, 0.25) is 0 Å². The molecule has 6 heteroatoms. The van der Waals surface area contributed by atoms with E-state index in [2.05, 4.69) is 21.0 Å². The molecule has 0 atom stereocenters. The van der Waals surface area contributed by atoms with Crippen LogP contribution in [0.15, 0.2) is 5.10 Å². The molecule has 0 aliphatic heterocycles. The van der Waals surface area contributed by atoms with E-state index in [4.69, 9.17) is 5.41 Å². The summed E-state index contributed by atoms with van der Waals surface area (Å²) in [5.41, 5.74) is 1.83. The van der Waals surface area contributed by atoms with E-state index in [1.54, 1.807) is 12.3 Å². The van der Waals surface area contributed by atoms with E-state index in [1.165, 1.54) is 0 Å². The molecule has 0 saturated carbocycles. The van der Waals surface area contributed by atoms with E-state index in [-0.39, 0.29) is 10.3 Å². The molecule has 0 saturated heterocycles. The van der Waals surface area contributed by atoms with Crippen molar-refractivity contribution in [3.63, 3.8) is 0 Å². The molecule has 0 unspecified atom stereocenters. The summed E-state index contributed by atoms with van der Waals surface area (Å²) in [7, 11) is 0. The van der Waals surface area contributed by atoms with Crippen molar-refractivity contribution in [3.05, 3.63) is 0 Å². The van der Waals surface area contributed by atoms with Crippen LogP contribution in [0.3, 0.4) is 0 Å². The SMILES string of the molecule is CC/C(=N/NC(F)F)C(=N)Br. The van der Waals surface area contributed by atoms with Crippen molar-refractivity contribution < 1.29 is 8.78 Å². The molecular formula is C5H8BrF2N3. The number of nitrogens with one attached hydrogen (secondary N) is 2. The number of rotatable bonds is 4. The van der Waals surface area contributed by atoms with Crippen molar-refractivity contribution in [2.24, 2.45) is 5.10 Å². The lowest BCUT2D eigenvalue weighted by atomic mass is 10.3. The Balaban J connectivity index is 4.02. The summed E-state index contributed by atoms with van der Waals surface area (Å²) in [6.07, 6.45) is 0.434. The minimum Gasteiger partial charge on any atom is -0.292 e. The highest BCUT2D eigenvalue weighted by Crippen LogP contribution is 1.95. The molecule has 0 aromatic rings. The van der Waals surface area contributed by atoms with Gasteiger partial charge in [0.1, 0.15) is 4.62 Å². The Hall–Kier alpha value is -0.520. The Morgan fingerprint density at radius 3 is 2.55 bits per heavy atom. The van der Waals surface area contributed by atoms with Crippen molar-refractivity contribution >= 4 is 26.3 Å². The summed E-state index contributed by atoms with van der Waals surface area (Å²) in [5, 5.41) is 10.3. The molecule has 0 spiro atoms. The molecular weight excluding hydrogens is 220 g/mol. The van der Waals surface area contributed by atoms with Crippen LogP contribution in [-0.4, -0.2) is 16.9 Å². The van der Waals surface area contributed by atoms with Crippen molar-refractivity contribution in [1.82, 2.24) is 5.43 Å². The molecule has 2 N–H and O–H groups in total. The van der Waals surface area contributed by atoms with Gasteiger partial charge in [-0.05, 0) is 22.4 Å². The lowest BCUT2D eigenvalue weighted by molar-refractivity contribution is 0.110. The first-order chi connectivity index (χ1) is 5.07. The Kier molecular flexibility index (Phi) is 4.93. The second-order valence-electron chi connectivity index (χ2n) is 1.66. The number of hydrazone groups is 1. The van der Waals surface area contributed by atoms with Crippen LogP contribution in [0.1, 0.15) is 13.3 Å². The molecule has 0 fully saturated rings. The second-order valence-corrected chi connectivity index (χ2v) is 2.45. The molecule has 0 amide bonds. The molecule has 0 aliphatic rings. The predicted molar refractivity (Wildman–Crippen MR) is 43.5 cm³/mol. The highest BCUT2D eigenvalue weighted by Gasteiger charge is 2.02. The summed E-state index contributed by atoms with van der Waals surface area (Å²) >= 11 is 2.82. The predicted octanol–water partition coefficient (Wildman–Crippen LogP) is 1.94. The Labute approximate surface area is 71.5 Å². The largest absolute Gasteiger partial charge is 0.327 e. The number of hydrogen-bond acceptors (Lipinski definition) is 3. The number of alkyl halides is 2. The van der Waals surface area contributed by atoms with Crippen LogP contribution in [0.25, 0.3) is 0 Å². The lowest BCUT2D eigenvalue weighted by Gasteiger charge is -2.00.